The maximum Gasteiger partial charge on any atom is 0.418 e. The molecule has 9 heteroatoms. The fraction of sp³-hybridized carbons (Fsp3) is 0.238. The summed E-state index contributed by atoms with van der Waals surface area (Å²) in [4.78, 5) is 30.6. The highest BCUT2D eigenvalue weighted by Crippen LogP contribution is 2.33. The number of halogens is 3. The summed E-state index contributed by atoms with van der Waals surface area (Å²) in [6.07, 6.45) is -2.52. The highest BCUT2D eigenvalue weighted by atomic mass is 19.4. The fourth-order valence-electron chi connectivity index (χ4n) is 2.95. The molecule has 0 saturated heterocycles. The quantitative estimate of drug-likeness (QED) is 0.640. The normalized spacial score (nSPS) is 11.4. The SMILES string of the molecule is Cc1cc(=O)c(C(=O)N(C)CCc2ccccn2)nn1-c1ccccc1C(F)(F)F. The molecule has 0 spiro atoms. The number of hydrogen-bond donors (Lipinski definition) is 0. The lowest BCUT2D eigenvalue weighted by molar-refractivity contribution is -0.137. The summed E-state index contributed by atoms with van der Waals surface area (Å²) < 4.78 is 41.2. The van der Waals surface area contributed by atoms with Crippen LogP contribution in [0.15, 0.2) is 59.5 Å². The summed E-state index contributed by atoms with van der Waals surface area (Å²) in [5.41, 5.74) is -1.31. The van der Waals surface area contributed by atoms with Crippen molar-refractivity contribution in [3.63, 3.8) is 0 Å². The fourth-order valence-corrected chi connectivity index (χ4v) is 2.95. The highest BCUT2D eigenvalue weighted by Gasteiger charge is 2.34. The molecule has 156 valence electrons. The molecule has 0 N–H and O–H groups in total. The number of nitrogens with zero attached hydrogens (tertiary/aromatic N) is 4. The van der Waals surface area contributed by atoms with Gasteiger partial charge in [-0.3, -0.25) is 14.6 Å². The molecule has 0 aliphatic rings. The van der Waals surface area contributed by atoms with Crippen LogP contribution in [-0.2, 0) is 12.6 Å². The van der Waals surface area contributed by atoms with Gasteiger partial charge in [0.1, 0.15) is 0 Å². The largest absolute Gasteiger partial charge is 0.418 e. The lowest BCUT2D eigenvalue weighted by atomic mass is 10.1. The van der Waals surface area contributed by atoms with Gasteiger partial charge in [-0.05, 0) is 31.2 Å². The van der Waals surface area contributed by atoms with Crippen molar-refractivity contribution >= 4 is 5.91 Å². The average Bonchev–Trinajstić information content (AvgIpc) is 2.72. The van der Waals surface area contributed by atoms with Gasteiger partial charge in [0.05, 0.1) is 11.3 Å². The summed E-state index contributed by atoms with van der Waals surface area (Å²) in [5.74, 6) is -0.672. The van der Waals surface area contributed by atoms with Gasteiger partial charge >= 0.3 is 6.18 Å². The maximum absolute atomic E-state index is 13.4. The molecule has 0 fully saturated rings. The molecule has 0 aliphatic heterocycles. The molecule has 2 aromatic heterocycles. The van der Waals surface area contributed by atoms with E-state index in [0.717, 1.165) is 22.5 Å². The number of amides is 1. The van der Waals surface area contributed by atoms with Crippen molar-refractivity contribution in [2.75, 3.05) is 13.6 Å². The first-order valence-electron chi connectivity index (χ1n) is 9.11. The molecule has 0 unspecified atom stereocenters. The molecule has 30 heavy (non-hydrogen) atoms. The van der Waals surface area contributed by atoms with Crippen LogP contribution in [0.2, 0.25) is 0 Å². The number of aryl methyl sites for hydroxylation is 1. The Morgan fingerprint density at radius 3 is 2.50 bits per heavy atom. The molecule has 6 nitrogen and oxygen atoms in total. The van der Waals surface area contributed by atoms with Crippen molar-refractivity contribution in [2.24, 2.45) is 0 Å². The van der Waals surface area contributed by atoms with Crippen molar-refractivity contribution in [1.29, 1.82) is 0 Å². The van der Waals surface area contributed by atoms with E-state index in [2.05, 4.69) is 10.1 Å². The standard InChI is InChI=1S/C21H19F3N4O2/c1-14-13-18(29)19(20(30)27(2)12-10-15-7-5-6-11-25-15)26-28(14)17-9-4-3-8-16(17)21(22,23)24/h3-9,11,13H,10,12H2,1-2H3. The van der Waals surface area contributed by atoms with Crippen LogP contribution in [0.5, 0.6) is 0 Å². The second kappa shape index (κ2) is 8.48. The molecular weight excluding hydrogens is 397 g/mol. The average molecular weight is 416 g/mol. The molecule has 3 aromatic rings. The van der Waals surface area contributed by atoms with E-state index in [4.69, 9.17) is 0 Å². The number of likely N-dealkylation sites (N-methyl/N-ethyl adjacent to an activating group) is 1. The Bertz CT molecular complexity index is 1110. The van der Waals surface area contributed by atoms with E-state index in [1.54, 1.807) is 12.3 Å². The van der Waals surface area contributed by atoms with E-state index < -0.39 is 28.8 Å². The molecule has 0 bridgehead atoms. The number of carbonyl (C=O) groups excluding carboxylic acids is 1. The van der Waals surface area contributed by atoms with Crippen LogP contribution < -0.4 is 5.43 Å². The third-order valence-corrected chi connectivity index (χ3v) is 4.52. The number of hydrogen-bond acceptors (Lipinski definition) is 4. The lowest BCUT2D eigenvalue weighted by Gasteiger charge is -2.19. The minimum absolute atomic E-state index is 0.185. The maximum atomic E-state index is 13.4. The predicted octanol–water partition coefficient (Wildman–Crippen LogP) is 3.27. The Labute approximate surface area is 170 Å². The Balaban J connectivity index is 1.94. The number of pyridine rings is 1. The molecule has 0 atom stereocenters. The van der Waals surface area contributed by atoms with Crippen LogP contribution in [0.3, 0.4) is 0 Å². The summed E-state index contributed by atoms with van der Waals surface area (Å²) >= 11 is 0. The molecule has 2 heterocycles. The van der Waals surface area contributed by atoms with E-state index in [0.29, 0.717) is 6.42 Å². The monoisotopic (exact) mass is 416 g/mol. The second-order valence-corrected chi connectivity index (χ2v) is 6.72. The number of benzene rings is 1. The van der Waals surface area contributed by atoms with Gasteiger partial charge in [-0.1, -0.05) is 18.2 Å². The van der Waals surface area contributed by atoms with Gasteiger partial charge in [0, 0.05) is 43.7 Å². The molecule has 0 radical (unpaired) electrons. The van der Waals surface area contributed by atoms with E-state index in [1.807, 2.05) is 12.1 Å². The Kier molecular flexibility index (Phi) is 6.00. The van der Waals surface area contributed by atoms with Gasteiger partial charge < -0.3 is 4.90 Å². The molecule has 1 amide bonds. The molecule has 0 aliphatic carbocycles. The van der Waals surface area contributed by atoms with Crippen molar-refractivity contribution in [3.05, 3.63) is 87.6 Å². The van der Waals surface area contributed by atoms with Gasteiger partial charge in [-0.2, -0.15) is 18.3 Å². The number of alkyl halides is 3. The van der Waals surface area contributed by atoms with Gasteiger partial charge in [-0.15, -0.1) is 0 Å². The Hall–Kier alpha value is -3.49. The third kappa shape index (κ3) is 4.56. The number of carbonyl (C=O) groups is 1. The van der Waals surface area contributed by atoms with Crippen molar-refractivity contribution < 1.29 is 18.0 Å². The zero-order valence-electron chi connectivity index (χ0n) is 16.3. The van der Waals surface area contributed by atoms with Crippen LogP contribution in [-0.4, -0.2) is 39.2 Å². The highest BCUT2D eigenvalue weighted by molar-refractivity contribution is 5.91. The van der Waals surface area contributed by atoms with Gasteiger partial charge in [-0.25, -0.2) is 4.68 Å². The molecule has 1 aromatic carbocycles. The van der Waals surface area contributed by atoms with E-state index in [1.165, 1.54) is 37.1 Å². The Morgan fingerprint density at radius 2 is 1.83 bits per heavy atom. The number of rotatable bonds is 5. The van der Waals surface area contributed by atoms with Crippen molar-refractivity contribution in [1.82, 2.24) is 19.7 Å². The summed E-state index contributed by atoms with van der Waals surface area (Å²) in [6, 6.07) is 11.4. The number of para-hydroxylation sites is 1. The first-order valence-corrected chi connectivity index (χ1v) is 9.11. The van der Waals surface area contributed by atoms with Gasteiger partial charge in [0.25, 0.3) is 5.91 Å². The van der Waals surface area contributed by atoms with Crippen LogP contribution in [0, 0.1) is 6.92 Å². The van der Waals surface area contributed by atoms with Gasteiger partial charge in [0.2, 0.25) is 5.43 Å². The van der Waals surface area contributed by atoms with E-state index in [-0.39, 0.29) is 17.9 Å². The third-order valence-electron chi connectivity index (χ3n) is 4.52. The van der Waals surface area contributed by atoms with Crippen LogP contribution in [0.4, 0.5) is 13.2 Å². The van der Waals surface area contributed by atoms with E-state index in [9.17, 15) is 22.8 Å². The number of aromatic nitrogens is 3. The van der Waals surface area contributed by atoms with Crippen molar-refractivity contribution in [3.8, 4) is 5.69 Å². The van der Waals surface area contributed by atoms with Crippen LogP contribution in [0.25, 0.3) is 5.69 Å². The molecular formula is C21H19F3N4O2. The minimum Gasteiger partial charge on any atom is -0.340 e. The first kappa shape index (κ1) is 21.2. The van der Waals surface area contributed by atoms with Crippen LogP contribution >= 0.6 is 0 Å². The first-order chi connectivity index (χ1) is 14.2. The molecule has 0 saturated carbocycles. The van der Waals surface area contributed by atoms with Crippen LogP contribution in [0.1, 0.15) is 27.4 Å². The predicted molar refractivity (Wildman–Crippen MR) is 104 cm³/mol. The topological polar surface area (TPSA) is 68.1 Å². The molecule has 3 rings (SSSR count). The van der Waals surface area contributed by atoms with Crippen molar-refractivity contribution in [2.45, 2.75) is 19.5 Å². The summed E-state index contributed by atoms with van der Waals surface area (Å²) in [7, 11) is 1.50. The zero-order valence-corrected chi connectivity index (χ0v) is 16.3. The van der Waals surface area contributed by atoms with E-state index >= 15 is 0 Å². The summed E-state index contributed by atoms with van der Waals surface area (Å²) in [5, 5.41) is 3.99. The smallest absolute Gasteiger partial charge is 0.340 e. The second-order valence-electron chi connectivity index (χ2n) is 6.72. The minimum atomic E-state index is -4.61. The lowest BCUT2D eigenvalue weighted by Crippen LogP contribution is -2.35. The zero-order chi connectivity index (χ0) is 21.9. The van der Waals surface area contributed by atoms with Gasteiger partial charge in [0.15, 0.2) is 5.69 Å². The Morgan fingerprint density at radius 1 is 1.13 bits per heavy atom. The summed E-state index contributed by atoms with van der Waals surface area (Å²) in [6.45, 7) is 1.73.